The zero-order valence-corrected chi connectivity index (χ0v) is 23.5. The van der Waals surface area contributed by atoms with E-state index in [1.54, 1.807) is 31.3 Å². The zero-order valence-electron chi connectivity index (χ0n) is 23.5. The molecule has 13 nitrogen and oxygen atoms in total. The van der Waals surface area contributed by atoms with Crippen LogP contribution in [-0.2, 0) is 42.9 Å². The van der Waals surface area contributed by atoms with Crippen LogP contribution < -0.4 is 10.2 Å². The first-order valence-corrected chi connectivity index (χ1v) is 12.9. The van der Waals surface area contributed by atoms with Crippen LogP contribution in [0.5, 0.6) is 5.75 Å². The fourth-order valence-electron chi connectivity index (χ4n) is 4.58. The third kappa shape index (κ3) is 6.92. The SMILES string of the molecule is CC(=O)OC[C@@H]1O[C@@H](Oc2ccc3c(=O)c(-c4ccccn4)c(C)oc3c2)[C@@H](OC(C)=O)[C@H](OC(C)=O)[C@@H]1OC(C)=O. The minimum Gasteiger partial charge on any atom is -0.463 e. The third-order valence-corrected chi connectivity index (χ3v) is 6.16. The monoisotopic (exact) mass is 583 g/mol. The molecule has 0 bridgehead atoms. The normalized spacial score (nSPS) is 21.7. The van der Waals surface area contributed by atoms with Crippen molar-refractivity contribution in [3.05, 3.63) is 58.6 Å². The molecule has 0 aliphatic carbocycles. The van der Waals surface area contributed by atoms with Crippen LogP contribution >= 0.6 is 0 Å². The maximum Gasteiger partial charge on any atom is 0.303 e. The lowest BCUT2D eigenvalue weighted by Gasteiger charge is -2.43. The van der Waals surface area contributed by atoms with Gasteiger partial charge in [0.1, 0.15) is 29.8 Å². The average Bonchev–Trinajstić information content (AvgIpc) is 2.90. The summed E-state index contributed by atoms with van der Waals surface area (Å²) in [4.78, 5) is 65.1. The first kappa shape index (κ1) is 30.2. The summed E-state index contributed by atoms with van der Waals surface area (Å²) in [5.74, 6) is -2.47. The van der Waals surface area contributed by atoms with Gasteiger partial charge in [0.05, 0.1) is 16.6 Å². The number of ether oxygens (including phenoxy) is 6. The highest BCUT2D eigenvalue weighted by Gasteiger charge is 2.53. The lowest BCUT2D eigenvalue weighted by atomic mass is 9.98. The summed E-state index contributed by atoms with van der Waals surface area (Å²) < 4.78 is 39.2. The second-order valence-corrected chi connectivity index (χ2v) is 9.42. The van der Waals surface area contributed by atoms with Crippen molar-refractivity contribution in [3.63, 3.8) is 0 Å². The van der Waals surface area contributed by atoms with Crippen LogP contribution in [0.25, 0.3) is 22.2 Å². The Labute approximate surface area is 239 Å². The Hall–Kier alpha value is -4.78. The van der Waals surface area contributed by atoms with Gasteiger partial charge in [0.15, 0.2) is 12.2 Å². The summed E-state index contributed by atoms with van der Waals surface area (Å²) in [7, 11) is 0. The van der Waals surface area contributed by atoms with Crippen molar-refractivity contribution in [3.8, 4) is 17.0 Å². The van der Waals surface area contributed by atoms with Gasteiger partial charge in [0, 0.05) is 40.0 Å². The second-order valence-electron chi connectivity index (χ2n) is 9.42. The van der Waals surface area contributed by atoms with E-state index >= 15 is 0 Å². The van der Waals surface area contributed by atoms with Gasteiger partial charge < -0.3 is 32.8 Å². The van der Waals surface area contributed by atoms with E-state index in [0.717, 1.165) is 20.8 Å². The molecule has 222 valence electrons. The van der Waals surface area contributed by atoms with Crippen LogP contribution in [0.2, 0.25) is 0 Å². The second kappa shape index (κ2) is 12.8. The van der Waals surface area contributed by atoms with Gasteiger partial charge in [-0.1, -0.05) is 6.07 Å². The Balaban J connectivity index is 1.73. The number of carbonyl (C=O) groups is 4. The van der Waals surface area contributed by atoms with E-state index in [1.807, 2.05) is 0 Å². The van der Waals surface area contributed by atoms with Gasteiger partial charge in [0.2, 0.25) is 17.8 Å². The summed E-state index contributed by atoms with van der Waals surface area (Å²) in [6, 6.07) is 9.61. The topological polar surface area (TPSA) is 167 Å². The number of hydrogen-bond donors (Lipinski definition) is 0. The molecule has 0 unspecified atom stereocenters. The van der Waals surface area contributed by atoms with Crippen LogP contribution in [0.4, 0.5) is 0 Å². The Morgan fingerprint density at radius 1 is 0.857 bits per heavy atom. The highest BCUT2D eigenvalue weighted by Crippen LogP contribution is 2.32. The largest absolute Gasteiger partial charge is 0.463 e. The number of aryl methyl sites for hydroxylation is 1. The highest BCUT2D eigenvalue weighted by molar-refractivity contribution is 5.83. The van der Waals surface area contributed by atoms with Crippen molar-refractivity contribution in [1.82, 2.24) is 4.98 Å². The smallest absolute Gasteiger partial charge is 0.303 e. The predicted octanol–water partition coefficient (Wildman–Crippen LogP) is 2.63. The maximum absolute atomic E-state index is 13.3. The highest BCUT2D eigenvalue weighted by atomic mass is 16.7. The number of fused-ring (bicyclic) bond motifs is 1. The molecular formula is C29H29NO12. The molecule has 1 fully saturated rings. The maximum atomic E-state index is 13.3. The van der Waals surface area contributed by atoms with Gasteiger partial charge >= 0.3 is 23.9 Å². The van der Waals surface area contributed by atoms with Crippen LogP contribution in [0, 0.1) is 6.92 Å². The van der Waals surface area contributed by atoms with Gasteiger partial charge in [-0.2, -0.15) is 0 Å². The molecule has 1 aliphatic heterocycles. The van der Waals surface area contributed by atoms with Crippen molar-refractivity contribution in [2.45, 2.75) is 65.3 Å². The molecule has 5 atom stereocenters. The number of aromatic nitrogens is 1. The molecule has 0 N–H and O–H groups in total. The Kier molecular flexibility index (Phi) is 9.21. The minimum atomic E-state index is -1.44. The molecule has 0 saturated carbocycles. The summed E-state index contributed by atoms with van der Waals surface area (Å²) in [6.07, 6.45) is -5.18. The Morgan fingerprint density at radius 3 is 2.14 bits per heavy atom. The molecule has 13 heteroatoms. The molecule has 42 heavy (non-hydrogen) atoms. The number of pyridine rings is 1. The van der Waals surface area contributed by atoms with Gasteiger partial charge in [-0.05, 0) is 31.2 Å². The van der Waals surface area contributed by atoms with Gasteiger partial charge in [-0.3, -0.25) is 29.0 Å². The molecule has 1 saturated heterocycles. The van der Waals surface area contributed by atoms with Gasteiger partial charge in [-0.15, -0.1) is 0 Å². The first-order valence-electron chi connectivity index (χ1n) is 12.9. The molecule has 0 amide bonds. The summed E-state index contributed by atoms with van der Waals surface area (Å²) >= 11 is 0. The van der Waals surface area contributed by atoms with Crippen molar-refractivity contribution < 1.29 is 52.0 Å². The van der Waals surface area contributed by atoms with Crippen molar-refractivity contribution >= 4 is 34.8 Å². The number of rotatable bonds is 8. The molecule has 1 aliphatic rings. The molecule has 3 heterocycles. The van der Waals surface area contributed by atoms with E-state index in [9.17, 15) is 24.0 Å². The molecule has 1 aromatic carbocycles. The molecule has 0 spiro atoms. The number of nitrogens with zero attached hydrogens (tertiary/aromatic N) is 1. The van der Waals surface area contributed by atoms with E-state index < -0.39 is 61.2 Å². The van der Waals surface area contributed by atoms with Crippen molar-refractivity contribution in [2.24, 2.45) is 0 Å². The fraction of sp³-hybridized carbons (Fsp3) is 0.379. The number of benzene rings is 1. The quantitative estimate of drug-likeness (QED) is 0.281. The van der Waals surface area contributed by atoms with Gasteiger partial charge in [-0.25, -0.2) is 0 Å². The molecule has 4 rings (SSSR count). The van der Waals surface area contributed by atoms with Crippen LogP contribution in [-0.4, -0.2) is 66.2 Å². The molecule has 0 radical (unpaired) electrons. The lowest BCUT2D eigenvalue weighted by Crippen LogP contribution is -2.63. The number of carbonyl (C=O) groups excluding carboxylic acids is 4. The van der Waals surface area contributed by atoms with E-state index in [-0.39, 0.29) is 22.1 Å². The summed E-state index contributed by atoms with van der Waals surface area (Å²) in [6.45, 7) is 5.78. The van der Waals surface area contributed by atoms with Crippen molar-refractivity contribution in [2.75, 3.05) is 6.61 Å². The van der Waals surface area contributed by atoms with Crippen LogP contribution in [0.3, 0.4) is 0 Å². The molecular weight excluding hydrogens is 554 g/mol. The minimum absolute atomic E-state index is 0.136. The fourth-order valence-corrected chi connectivity index (χ4v) is 4.58. The summed E-state index contributed by atoms with van der Waals surface area (Å²) in [5, 5.41) is 0.259. The third-order valence-electron chi connectivity index (χ3n) is 6.16. The van der Waals surface area contributed by atoms with Crippen molar-refractivity contribution in [1.29, 1.82) is 0 Å². The molecule has 2 aromatic heterocycles. The Morgan fingerprint density at radius 2 is 1.52 bits per heavy atom. The van der Waals surface area contributed by atoms with Crippen LogP contribution in [0.15, 0.2) is 51.8 Å². The Bertz CT molecular complexity index is 1550. The number of hydrogen-bond acceptors (Lipinski definition) is 13. The standard InChI is InChI=1S/C29H29NO12/c1-14-24(21-8-6-7-11-30-21)25(35)20-10-9-19(12-22(20)37-14)41-29-28(40-18(5)34)27(39-17(4)33)26(38-16(3)32)23(42-29)13-36-15(2)31/h6-12,23,26-29H,13H2,1-5H3/t23-,26+,27+,28-,29+/m0/s1. The van der Waals surface area contributed by atoms with E-state index in [1.165, 1.54) is 25.1 Å². The van der Waals surface area contributed by atoms with E-state index in [0.29, 0.717) is 17.0 Å². The zero-order chi connectivity index (χ0) is 30.6. The average molecular weight is 584 g/mol. The predicted molar refractivity (Wildman–Crippen MR) is 143 cm³/mol. The number of esters is 4. The van der Waals surface area contributed by atoms with Crippen LogP contribution in [0.1, 0.15) is 33.5 Å². The van der Waals surface area contributed by atoms with Gasteiger partial charge in [0.25, 0.3) is 0 Å². The summed E-state index contributed by atoms with van der Waals surface area (Å²) in [5.41, 5.74) is 0.673. The van der Waals surface area contributed by atoms with E-state index in [4.69, 9.17) is 32.8 Å². The van der Waals surface area contributed by atoms with E-state index in [2.05, 4.69) is 4.98 Å². The lowest BCUT2D eigenvalue weighted by molar-refractivity contribution is -0.288. The molecule has 3 aromatic rings. The first-order chi connectivity index (χ1) is 19.9.